The van der Waals surface area contributed by atoms with Crippen LogP contribution in [0, 0.1) is 0 Å². The molecule has 0 aliphatic heterocycles. The van der Waals surface area contributed by atoms with E-state index in [0.29, 0.717) is 17.9 Å². The Balaban J connectivity index is 2.58. The number of nitrogens with zero attached hydrogens (tertiary/aromatic N) is 1. The number of pyridine rings is 1. The van der Waals surface area contributed by atoms with Gasteiger partial charge in [0.15, 0.2) is 0 Å². The summed E-state index contributed by atoms with van der Waals surface area (Å²) in [7, 11) is 0. The maximum atomic E-state index is 8.69. The topological polar surface area (TPSA) is 71.2 Å². The molecule has 1 aromatic rings. The second kappa shape index (κ2) is 4.67. The van der Waals surface area contributed by atoms with Crippen molar-refractivity contribution in [3.05, 3.63) is 18.3 Å². The van der Waals surface area contributed by atoms with Crippen LogP contribution in [-0.4, -0.2) is 22.7 Å². The van der Waals surface area contributed by atoms with Gasteiger partial charge in [-0.05, 0) is 25.5 Å². The SMILES string of the molecule is CC(CCO)Nc1ncccc1N. The van der Waals surface area contributed by atoms with E-state index in [2.05, 4.69) is 10.3 Å². The largest absolute Gasteiger partial charge is 0.396 e. The van der Waals surface area contributed by atoms with Crippen LogP contribution in [0.1, 0.15) is 13.3 Å². The molecule has 0 amide bonds. The Morgan fingerprint density at radius 1 is 1.69 bits per heavy atom. The van der Waals surface area contributed by atoms with Crippen molar-refractivity contribution in [3.63, 3.8) is 0 Å². The normalized spacial score (nSPS) is 12.5. The molecule has 0 saturated heterocycles. The van der Waals surface area contributed by atoms with Crippen molar-refractivity contribution in [3.8, 4) is 0 Å². The van der Waals surface area contributed by atoms with Crippen LogP contribution in [0.4, 0.5) is 11.5 Å². The van der Waals surface area contributed by atoms with Gasteiger partial charge in [-0.15, -0.1) is 0 Å². The van der Waals surface area contributed by atoms with Crippen molar-refractivity contribution in [1.29, 1.82) is 0 Å². The van der Waals surface area contributed by atoms with E-state index in [1.165, 1.54) is 0 Å². The fraction of sp³-hybridized carbons (Fsp3) is 0.444. The van der Waals surface area contributed by atoms with Gasteiger partial charge in [0.25, 0.3) is 0 Å². The Labute approximate surface area is 77.8 Å². The molecule has 4 heteroatoms. The van der Waals surface area contributed by atoms with E-state index < -0.39 is 0 Å². The molecule has 0 aliphatic rings. The van der Waals surface area contributed by atoms with E-state index >= 15 is 0 Å². The number of nitrogens with two attached hydrogens (primary N) is 1. The van der Waals surface area contributed by atoms with Crippen molar-refractivity contribution in [2.45, 2.75) is 19.4 Å². The summed E-state index contributed by atoms with van der Waals surface area (Å²) in [6.07, 6.45) is 2.38. The maximum absolute atomic E-state index is 8.69. The lowest BCUT2D eigenvalue weighted by molar-refractivity contribution is 0.282. The molecule has 4 N–H and O–H groups in total. The molecule has 1 heterocycles. The number of nitrogen functional groups attached to an aromatic ring is 1. The molecule has 0 bridgehead atoms. The highest BCUT2D eigenvalue weighted by Gasteiger charge is 2.03. The summed E-state index contributed by atoms with van der Waals surface area (Å²) in [5.74, 6) is 0.684. The molecule has 72 valence electrons. The molecule has 1 atom stereocenters. The van der Waals surface area contributed by atoms with Crippen molar-refractivity contribution in [2.75, 3.05) is 17.7 Å². The number of aromatic nitrogens is 1. The number of hydrogen-bond acceptors (Lipinski definition) is 4. The monoisotopic (exact) mass is 181 g/mol. The summed E-state index contributed by atoms with van der Waals surface area (Å²) < 4.78 is 0. The first-order chi connectivity index (χ1) is 6.24. The number of anilines is 2. The highest BCUT2D eigenvalue weighted by molar-refractivity contribution is 5.60. The van der Waals surface area contributed by atoms with Gasteiger partial charge in [0.1, 0.15) is 5.82 Å². The van der Waals surface area contributed by atoms with Gasteiger partial charge >= 0.3 is 0 Å². The van der Waals surface area contributed by atoms with Crippen LogP contribution < -0.4 is 11.1 Å². The van der Waals surface area contributed by atoms with Crippen LogP contribution in [-0.2, 0) is 0 Å². The molecular formula is C9H15N3O. The lowest BCUT2D eigenvalue weighted by Gasteiger charge is -2.13. The Bertz CT molecular complexity index is 265. The molecule has 0 saturated carbocycles. The number of hydrogen-bond donors (Lipinski definition) is 3. The molecule has 4 nitrogen and oxygen atoms in total. The van der Waals surface area contributed by atoms with Crippen LogP contribution in [0.25, 0.3) is 0 Å². The van der Waals surface area contributed by atoms with E-state index in [-0.39, 0.29) is 12.6 Å². The van der Waals surface area contributed by atoms with Gasteiger partial charge in [-0.1, -0.05) is 0 Å². The van der Waals surface area contributed by atoms with Gasteiger partial charge in [0.2, 0.25) is 0 Å². The second-order valence-corrected chi connectivity index (χ2v) is 3.00. The first kappa shape index (κ1) is 9.80. The summed E-state index contributed by atoms with van der Waals surface area (Å²) in [4.78, 5) is 4.08. The summed E-state index contributed by atoms with van der Waals surface area (Å²) in [6.45, 7) is 2.14. The third-order valence-corrected chi connectivity index (χ3v) is 1.78. The Hall–Kier alpha value is -1.29. The van der Waals surface area contributed by atoms with Gasteiger partial charge in [-0.3, -0.25) is 0 Å². The second-order valence-electron chi connectivity index (χ2n) is 3.00. The molecule has 0 aliphatic carbocycles. The minimum absolute atomic E-state index is 0.168. The fourth-order valence-electron chi connectivity index (χ4n) is 1.04. The van der Waals surface area contributed by atoms with Gasteiger partial charge in [0.05, 0.1) is 5.69 Å². The van der Waals surface area contributed by atoms with Crippen LogP contribution in [0.5, 0.6) is 0 Å². The zero-order chi connectivity index (χ0) is 9.68. The summed E-state index contributed by atoms with van der Waals surface area (Å²) in [5, 5.41) is 11.8. The Morgan fingerprint density at radius 3 is 3.08 bits per heavy atom. The standard InChI is InChI=1S/C9H15N3O/c1-7(4-6-13)12-9-8(10)3-2-5-11-9/h2-3,5,7,13H,4,6,10H2,1H3,(H,11,12). The molecule has 0 spiro atoms. The average Bonchev–Trinajstić information content (AvgIpc) is 2.09. The molecule has 1 unspecified atom stereocenters. The summed E-state index contributed by atoms with van der Waals surface area (Å²) >= 11 is 0. The quantitative estimate of drug-likeness (QED) is 0.644. The van der Waals surface area contributed by atoms with E-state index in [4.69, 9.17) is 10.8 Å². The number of rotatable bonds is 4. The van der Waals surface area contributed by atoms with Crippen LogP contribution in [0.15, 0.2) is 18.3 Å². The van der Waals surface area contributed by atoms with Gasteiger partial charge in [-0.25, -0.2) is 4.98 Å². The first-order valence-electron chi connectivity index (χ1n) is 4.32. The molecule has 0 radical (unpaired) electrons. The molecule has 13 heavy (non-hydrogen) atoms. The predicted molar refractivity (Wildman–Crippen MR) is 53.4 cm³/mol. The van der Waals surface area contributed by atoms with E-state index in [9.17, 15) is 0 Å². The molecule has 1 aromatic heterocycles. The molecule has 0 fully saturated rings. The minimum atomic E-state index is 0.168. The summed E-state index contributed by atoms with van der Waals surface area (Å²) in [6, 6.07) is 3.76. The Morgan fingerprint density at radius 2 is 2.46 bits per heavy atom. The van der Waals surface area contributed by atoms with Crippen molar-refractivity contribution in [2.24, 2.45) is 0 Å². The van der Waals surface area contributed by atoms with E-state index in [1.54, 1.807) is 18.3 Å². The zero-order valence-corrected chi connectivity index (χ0v) is 7.70. The van der Waals surface area contributed by atoms with E-state index in [1.807, 2.05) is 6.92 Å². The van der Waals surface area contributed by atoms with Gasteiger partial charge in [0, 0.05) is 18.8 Å². The first-order valence-corrected chi connectivity index (χ1v) is 4.32. The number of aliphatic hydroxyl groups is 1. The average molecular weight is 181 g/mol. The van der Waals surface area contributed by atoms with Crippen LogP contribution in [0.2, 0.25) is 0 Å². The van der Waals surface area contributed by atoms with Crippen LogP contribution in [0.3, 0.4) is 0 Å². The molecule has 1 rings (SSSR count). The van der Waals surface area contributed by atoms with Crippen LogP contribution >= 0.6 is 0 Å². The lowest BCUT2D eigenvalue weighted by Crippen LogP contribution is -2.18. The number of nitrogens with one attached hydrogen (secondary N) is 1. The minimum Gasteiger partial charge on any atom is -0.396 e. The third-order valence-electron chi connectivity index (χ3n) is 1.78. The highest BCUT2D eigenvalue weighted by atomic mass is 16.3. The molecular weight excluding hydrogens is 166 g/mol. The highest BCUT2D eigenvalue weighted by Crippen LogP contribution is 2.14. The third kappa shape index (κ3) is 2.91. The zero-order valence-electron chi connectivity index (χ0n) is 7.70. The lowest BCUT2D eigenvalue weighted by atomic mass is 10.2. The fourth-order valence-corrected chi connectivity index (χ4v) is 1.04. The Kier molecular flexibility index (Phi) is 3.52. The van der Waals surface area contributed by atoms with Crippen molar-refractivity contribution >= 4 is 11.5 Å². The van der Waals surface area contributed by atoms with E-state index in [0.717, 1.165) is 0 Å². The van der Waals surface area contributed by atoms with Gasteiger partial charge in [-0.2, -0.15) is 0 Å². The maximum Gasteiger partial charge on any atom is 0.149 e. The van der Waals surface area contributed by atoms with Crippen molar-refractivity contribution < 1.29 is 5.11 Å². The van der Waals surface area contributed by atoms with Crippen molar-refractivity contribution in [1.82, 2.24) is 4.98 Å². The predicted octanol–water partition coefficient (Wildman–Crippen LogP) is 0.847. The van der Waals surface area contributed by atoms with Gasteiger partial charge < -0.3 is 16.2 Å². The molecule has 0 aromatic carbocycles. The summed E-state index contributed by atoms with van der Waals surface area (Å²) in [5.41, 5.74) is 6.31. The number of aliphatic hydroxyl groups excluding tert-OH is 1. The smallest absolute Gasteiger partial charge is 0.149 e.